The van der Waals surface area contributed by atoms with Gasteiger partial charge < -0.3 is 24.8 Å². The molecule has 1 aromatic heterocycles. The van der Waals surface area contributed by atoms with Crippen molar-refractivity contribution in [2.45, 2.75) is 33.7 Å². The second kappa shape index (κ2) is 15.7. The molecule has 2 rings (SSSR count). The van der Waals surface area contributed by atoms with Crippen LogP contribution in [0.5, 0.6) is 17.4 Å². The Bertz CT molecular complexity index is 741. The van der Waals surface area contributed by atoms with Crippen LogP contribution in [0.1, 0.15) is 32.8 Å². The van der Waals surface area contributed by atoms with Crippen molar-refractivity contribution in [3.8, 4) is 17.4 Å². The van der Waals surface area contributed by atoms with Crippen molar-refractivity contribution in [1.29, 1.82) is 0 Å². The Labute approximate surface area is 196 Å². The van der Waals surface area contributed by atoms with Crippen LogP contribution in [0.2, 0.25) is 0 Å². The van der Waals surface area contributed by atoms with Gasteiger partial charge in [-0.3, -0.25) is 0 Å². The highest BCUT2D eigenvalue weighted by molar-refractivity contribution is 14.0. The van der Waals surface area contributed by atoms with Crippen LogP contribution in [0.4, 0.5) is 0 Å². The number of guanidine groups is 1. The molecule has 0 fully saturated rings. The summed E-state index contributed by atoms with van der Waals surface area (Å²) in [4.78, 5) is 8.92. The number of nitrogens with one attached hydrogen (secondary N) is 2. The molecule has 0 aliphatic heterocycles. The maximum absolute atomic E-state index is 5.85. The molecule has 0 saturated heterocycles. The Morgan fingerprint density at radius 3 is 2.47 bits per heavy atom. The van der Waals surface area contributed by atoms with E-state index in [4.69, 9.17) is 14.2 Å². The van der Waals surface area contributed by atoms with E-state index in [2.05, 4.69) is 20.6 Å². The second-order valence-electron chi connectivity index (χ2n) is 6.18. The number of pyridine rings is 1. The molecule has 0 bridgehead atoms. The molecular weight excluding hydrogens is 495 g/mol. The first-order valence-electron chi connectivity index (χ1n) is 10.2. The summed E-state index contributed by atoms with van der Waals surface area (Å²) in [6, 6.07) is 11.3. The molecule has 1 heterocycles. The Morgan fingerprint density at radius 2 is 1.77 bits per heavy atom. The maximum Gasteiger partial charge on any atom is 0.219 e. The third-order valence-corrected chi connectivity index (χ3v) is 3.88. The van der Waals surface area contributed by atoms with E-state index in [-0.39, 0.29) is 24.0 Å². The quantitative estimate of drug-likeness (QED) is 0.185. The van der Waals surface area contributed by atoms with Crippen LogP contribution in [-0.4, -0.2) is 43.9 Å². The first kappa shape index (κ1) is 26.0. The van der Waals surface area contributed by atoms with E-state index in [1.807, 2.05) is 57.2 Å². The monoisotopic (exact) mass is 528 g/mol. The van der Waals surface area contributed by atoms with Crippen molar-refractivity contribution < 1.29 is 14.2 Å². The zero-order valence-electron chi connectivity index (χ0n) is 18.0. The Hall–Kier alpha value is -2.07. The molecule has 2 N–H and O–H groups in total. The summed E-state index contributed by atoms with van der Waals surface area (Å²) < 4.78 is 16.7. The maximum atomic E-state index is 5.85. The molecule has 2 aromatic rings. The highest BCUT2D eigenvalue weighted by atomic mass is 127. The molecule has 30 heavy (non-hydrogen) atoms. The normalized spacial score (nSPS) is 10.8. The molecule has 0 radical (unpaired) electrons. The zero-order valence-corrected chi connectivity index (χ0v) is 20.3. The molecule has 0 atom stereocenters. The first-order chi connectivity index (χ1) is 14.2. The van der Waals surface area contributed by atoms with E-state index in [0.717, 1.165) is 50.0 Å². The highest BCUT2D eigenvalue weighted by Gasteiger charge is 2.03. The minimum Gasteiger partial charge on any atom is -0.494 e. The SMILES string of the molecule is CCNC(=NCc1ccnc(Oc2ccc(OCC)cc2)c1)NCCCOCC.I. The summed E-state index contributed by atoms with van der Waals surface area (Å²) in [5, 5.41) is 6.57. The van der Waals surface area contributed by atoms with Gasteiger partial charge in [-0.25, -0.2) is 9.98 Å². The summed E-state index contributed by atoms with van der Waals surface area (Å²) in [7, 11) is 0. The van der Waals surface area contributed by atoms with Crippen LogP contribution in [0.3, 0.4) is 0 Å². The third-order valence-electron chi connectivity index (χ3n) is 3.88. The number of nitrogens with zero attached hydrogens (tertiary/aromatic N) is 2. The van der Waals surface area contributed by atoms with E-state index in [1.165, 1.54) is 0 Å². The number of rotatable bonds is 12. The summed E-state index contributed by atoms with van der Waals surface area (Å²) in [6.45, 7) is 10.3. The van der Waals surface area contributed by atoms with Gasteiger partial charge in [0.15, 0.2) is 5.96 Å². The number of halogens is 1. The first-order valence-corrected chi connectivity index (χ1v) is 10.2. The standard InChI is InChI=1S/C22H32N4O3.HI/c1-4-23-22(25-13-7-15-27-5-2)26-17-18-12-14-24-21(16-18)29-20-10-8-19(9-11-20)28-6-3;/h8-12,14,16H,4-7,13,15,17H2,1-3H3,(H2,23,25,26);1H. The van der Waals surface area contributed by atoms with Crippen LogP contribution in [0.15, 0.2) is 47.6 Å². The lowest BCUT2D eigenvalue weighted by molar-refractivity contribution is 0.145. The van der Waals surface area contributed by atoms with Crippen molar-refractivity contribution in [1.82, 2.24) is 15.6 Å². The lowest BCUT2D eigenvalue weighted by atomic mass is 10.2. The van der Waals surface area contributed by atoms with E-state index in [9.17, 15) is 0 Å². The van der Waals surface area contributed by atoms with Gasteiger partial charge in [0, 0.05) is 38.6 Å². The Kier molecular flexibility index (Phi) is 13.6. The van der Waals surface area contributed by atoms with E-state index >= 15 is 0 Å². The lowest BCUT2D eigenvalue weighted by Crippen LogP contribution is -2.38. The van der Waals surface area contributed by atoms with Crippen LogP contribution < -0.4 is 20.1 Å². The largest absolute Gasteiger partial charge is 0.494 e. The third kappa shape index (κ3) is 10.1. The molecule has 0 aliphatic carbocycles. The highest BCUT2D eigenvalue weighted by Crippen LogP contribution is 2.23. The van der Waals surface area contributed by atoms with Crippen LogP contribution in [0.25, 0.3) is 0 Å². The number of aromatic nitrogens is 1. The van der Waals surface area contributed by atoms with Crippen molar-refractivity contribution in [2.75, 3.05) is 32.9 Å². The average Bonchev–Trinajstić information content (AvgIpc) is 2.74. The Balaban J connectivity index is 0.00000450. The van der Waals surface area contributed by atoms with Gasteiger partial charge in [0.25, 0.3) is 0 Å². The molecule has 7 nitrogen and oxygen atoms in total. The fraction of sp³-hybridized carbons (Fsp3) is 0.455. The topological polar surface area (TPSA) is 77.0 Å². The number of hydrogen-bond acceptors (Lipinski definition) is 5. The average molecular weight is 528 g/mol. The van der Waals surface area contributed by atoms with Gasteiger partial charge in [0.05, 0.1) is 13.2 Å². The predicted molar refractivity (Wildman–Crippen MR) is 131 cm³/mol. The van der Waals surface area contributed by atoms with E-state index in [1.54, 1.807) is 6.20 Å². The van der Waals surface area contributed by atoms with Crippen LogP contribution >= 0.6 is 24.0 Å². The number of aliphatic imine (C=N–C) groups is 1. The van der Waals surface area contributed by atoms with Gasteiger partial charge >= 0.3 is 0 Å². The molecule has 0 aliphatic rings. The van der Waals surface area contributed by atoms with E-state index in [0.29, 0.717) is 24.8 Å². The van der Waals surface area contributed by atoms with Crippen LogP contribution in [-0.2, 0) is 11.3 Å². The van der Waals surface area contributed by atoms with Gasteiger partial charge in [0.2, 0.25) is 5.88 Å². The molecule has 0 spiro atoms. The summed E-state index contributed by atoms with van der Waals surface area (Å²) in [5.41, 5.74) is 1.02. The summed E-state index contributed by atoms with van der Waals surface area (Å²) in [6.07, 6.45) is 2.67. The molecule has 0 saturated carbocycles. The molecule has 166 valence electrons. The minimum absolute atomic E-state index is 0. The van der Waals surface area contributed by atoms with Crippen molar-refractivity contribution >= 4 is 29.9 Å². The summed E-state index contributed by atoms with van der Waals surface area (Å²) >= 11 is 0. The van der Waals surface area contributed by atoms with Crippen molar-refractivity contribution in [2.24, 2.45) is 4.99 Å². The minimum atomic E-state index is 0. The van der Waals surface area contributed by atoms with Gasteiger partial charge in [0.1, 0.15) is 11.5 Å². The number of ether oxygens (including phenoxy) is 3. The van der Waals surface area contributed by atoms with Gasteiger partial charge in [-0.1, -0.05) is 0 Å². The smallest absolute Gasteiger partial charge is 0.219 e. The molecule has 0 unspecified atom stereocenters. The Morgan fingerprint density at radius 1 is 1.00 bits per heavy atom. The van der Waals surface area contributed by atoms with Crippen molar-refractivity contribution in [3.05, 3.63) is 48.2 Å². The van der Waals surface area contributed by atoms with Gasteiger partial charge in [-0.15, -0.1) is 24.0 Å². The number of hydrogen-bond donors (Lipinski definition) is 2. The van der Waals surface area contributed by atoms with Crippen LogP contribution in [0, 0.1) is 0 Å². The molecular formula is C22H33IN4O3. The number of benzene rings is 1. The lowest BCUT2D eigenvalue weighted by Gasteiger charge is -2.11. The second-order valence-corrected chi connectivity index (χ2v) is 6.18. The molecule has 8 heteroatoms. The predicted octanol–water partition coefficient (Wildman–Crippen LogP) is 4.37. The fourth-order valence-corrected chi connectivity index (χ4v) is 2.53. The van der Waals surface area contributed by atoms with Gasteiger partial charge in [-0.05, 0) is 63.1 Å². The fourth-order valence-electron chi connectivity index (χ4n) is 2.53. The summed E-state index contributed by atoms with van der Waals surface area (Å²) in [5.74, 6) is 2.86. The zero-order chi connectivity index (χ0) is 20.7. The van der Waals surface area contributed by atoms with Gasteiger partial charge in [-0.2, -0.15) is 0 Å². The molecule has 1 aromatic carbocycles. The van der Waals surface area contributed by atoms with E-state index < -0.39 is 0 Å². The van der Waals surface area contributed by atoms with Crippen molar-refractivity contribution in [3.63, 3.8) is 0 Å². The molecule has 0 amide bonds.